The van der Waals surface area contributed by atoms with Crippen LogP contribution in [-0.2, 0) is 13.2 Å². The van der Waals surface area contributed by atoms with Crippen LogP contribution < -0.4 is 10.1 Å². The van der Waals surface area contributed by atoms with Gasteiger partial charge in [-0.2, -0.15) is 0 Å². The van der Waals surface area contributed by atoms with Gasteiger partial charge in [0, 0.05) is 35.7 Å². The Balaban J connectivity index is 1.51. The highest BCUT2D eigenvalue weighted by atomic mass is 35.5. The third kappa shape index (κ3) is 5.02. The Morgan fingerprint density at radius 1 is 1.08 bits per heavy atom. The van der Waals surface area contributed by atoms with E-state index in [0.29, 0.717) is 23.9 Å². The fourth-order valence-corrected chi connectivity index (χ4v) is 2.32. The summed E-state index contributed by atoms with van der Waals surface area (Å²) < 4.78 is 5.70. The van der Waals surface area contributed by atoms with Crippen molar-refractivity contribution >= 4 is 17.5 Å². The molecular formula is C19H16ClN3O2. The van der Waals surface area contributed by atoms with Crippen LogP contribution in [0.25, 0.3) is 0 Å². The van der Waals surface area contributed by atoms with Crippen molar-refractivity contribution in [3.63, 3.8) is 0 Å². The monoisotopic (exact) mass is 353 g/mol. The molecule has 0 aliphatic heterocycles. The van der Waals surface area contributed by atoms with Gasteiger partial charge in [-0.3, -0.25) is 14.8 Å². The first-order chi connectivity index (χ1) is 12.2. The predicted molar refractivity (Wildman–Crippen MR) is 95.4 cm³/mol. The molecule has 2 heterocycles. The second kappa shape index (κ2) is 8.26. The zero-order valence-electron chi connectivity index (χ0n) is 13.4. The molecule has 0 saturated carbocycles. The molecule has 0 bridgehead atoms. The van der Waals surface area contributed by atoms with E-state index in [4.69, 9.17) is 16.3 Å². The standard InChI is InChI=1S/C19H16ClN3O2/c20-16-7-9-22-18(10-16)19(24)23-12-14-3-5-17(6-4-14)25-13-15-2-1-8-21-11-15/h1-11H,12-13H2,(H,23,24). The SMILES string of the molecule is O=C(NCc1ccc(OCc2cccnc2)cc1)c1cc(Cl)ccn1. The number of halogens is 1. The summed E-state index contributed by atoms with van der Waals surface area (Å²) in [4.78, 5) is 20.1. The average molecular weight is 354 g/mol. The van der Waals surface area contributed by atoms with E-state index in [1.165, 1.54) is 12.3 Å². The second-order valence-corrected chi connectivity index (χ2v) is 5.77. The van der Waals surface area contributed by atoms with Gasteiger partial charge in [0.1, 0.15) is 18.1 Å². The maximum atomic E-state index is 12.0. The molecule has 5 nitrogen and oxygen atoms in total. The molecule has 2 aromatic heterocycles. The summed E-state index contributed by atoms with van der Waals surface area (Å²) in [6, 6.07) is 14.5. The van der Waals surface area contributed by atoms with Crippen molar-refractivity contribution in [3.8, 4) is 5.75 Å². The largest absolute Gasteiger partial charge is 0.489 e. The molecule has 0 saturated heterocycles. The number of carbonyl (C=O) groups is 1. The number of benzene rings is 1. The van der Waals surface area contributed by atoms with Crippen molar-refractivity contribution in [2.45, 2.75) is 13.2 Å². The lowest BCUT2D eigenvalue weighted by Gasteiger charge is -2.08. The van der Waals surface area contributed by atoms with Gasteiger partial charge in [-0.1, -0.05) is 29.8 Å². The number of amides is 1. The van der Waals surface area contributed by atoms with E-state index in [9.17, 15) is 4.79 Å². The van der Waals surface area contributed by atoms with E-state index in [0.717, 1.165) is 16.9 Å². The maximum Gasteiger partial charge on any atom is 0.270 e. The van der Waals surface area contributed by atoms with Crippen molar-refractivity contribution in [1.82, 2.24) is 15.3 Å². The highest BCUT2D eigenvalue weighted by molar-refractivity contribution is 6.30. The molecule has 0 atom stereocenters. The summed E-state index contributed by atoms with van der Waals surface area (Å²) in [7, 11) is 0. The van der Waals surface area contributed by atoms with Crippen molar-refractivity contribution in [1.29, 1.82) is 0 Å². The fourth-order valence-electron chi connectivity index (χ4n) is 2.16. The second-order valence-electron chi connectivity index (χ2n) is 5.34. The number of pyridine rings is 2. The first-order valence-corrected chi connectivity index (χ1v) is 8.09. The number of hydrogen-bond donors (Lipinski definition) is 1. The molecule has 3 rings (SSSR count). The molecule has 0 fully saturated rings. The topological polar surface area (TPSA) is 64.1 Å². The molecule has 0 aliphatic rings. The summed E-state index contributed by atoms with van der Waals surface area (Å²) >= 11 is 5.86. The predicted octanol–water partition coefficient (Wildman–Crippen LogP) is 3.64. The number of nitrogens with one attached hydrogen (secondary N) is 1. The van der Waals surface area contributed by atoms with Gasteiger partial charge in [0.05, 0.1) is 0 Å². The van der Waals surface area contributed by atoms with Gasteiger partial charge in [-0.15, -0.1) is 0 Å². The van der Waals surface area contributed by atoms with Crippen LogP contribution in [0, 0.1) is 0 Å². The fraction of sp³-hybridized carbons (Fsp3) is 0.105. The van der Waals surface area contributed by atoms with Crippen molar-refractivity contribution in [2.24, 2.45) is 0 Å². The van der Waals surface area contributed by atoms with Crippen LogP contribution in [0.15, 0.2) is 67.1 Å². The van der Waals surface area contributed by atoms with Gasteiger partial charge in [0.2, 0.25) is 0 Å². The number of nitrogens with zero attached hydrogens (tertiary/aromatic N) is 2. The van der Waals surface area contributed by atoms with Gasteiger partial charge in [-0.05, 0) is 35.9 Å². The molecule has 0 unspecified atom stereocenters. The van der Waals surface area contributed by atoms with Gasteiger partial charge < -0.3 is 10.1 Å². The molecule has 1 amide bonds. The van der Waals surface area contributed by atoms with Gasteiger partial charge in [0.15, 0.2) is 0 Å². The zero-order chi connectivity index (χ0) is 17.5. The highest BCUT2D eigenvalue weighted by Crippen LogP contribution is 2.14. The van der Waals surface area contributed by atoms with Crippen LogP contribution in [0.1, 0.15) is 21.6 Å². The Morgan fingerprint density at radius 3 is 2.64 bits per heavy atom. The van der Waals surface area contributed by atoms with Gasteiger partial charge in [-0.25, -0.2) is 0 Å². The molecule has 6 heteroatoms. The van der Waals surface area contributed by atoms with E-state index >= 15 is 0 Å². The minimum absolute atomic E-state index is 0.264. The Kier molecular flexibility index (Phi) is 5.59. The Hall–Kier alpha value is -2.92. The average Bonchev–Trinajstić information content (AvgIpc) is 2.66. The van der Waals surface area contributed by atoms with Crippen molar-refractivity contribution < 1.29 is 9.53 Å². The number of ether oxygens (including phenoxy) is 1. The quantitative estimate of drug-likeness (QED) is 0.734. The smallest absolute Gasteiger partial charge is 0.270 e. The Morgan fingerprint density at radius 2 is 1.92 bits per heavy atom. The van der Waals surface area contributed by atoms with Crippen LogP contribution in [0.2, 0.25) is 5.02 Å². The van der Waals surface area contributed by atoms with Crippen LogP contribution in [0.4, 0.5) is 0 Å². The van der Waals surface area contributed by atoms with E-state index in [2.05, 4.69) is 15.3 Å². The maximum absolute atomic E-state index is 12.0. The molecular weight excluding hydrogens is 338 g/mol. The Bertz CT molecular complexity index is 839. The van der Waals surface area contributed by atoms with Crippen LogP contribution in [0.3, 0.4) is 0 Å². The van der Waals surface area contributed by atoms with E-state index in [1.54, 1.807) is 18.5 Å². The number of hydrogen-bond acceptors (Lipinski definition) is 4. The van der Waals surface area contributed by atoms with E-state index in [1.807, 2.05) is 36.4 Å². The van der Waals surface area contributed by atoms with Gasteiger partial charge in [0.25, 0.3) is 5.91 Å². The summed E-state index contributed by atoms with van der Waals surface area (Å²) in [6.07, 6.45) is 5.00. The summed E-state index contributed by atoms with van der Waals surface area (Å²) in [5, 5.41) is 3.29. The third-order valence-corrected chi connectivity index (χ3v) is 3.69. The number of aromatic nitrogens is 2. The summed E-state index contributed by atoms with van der Waals surface area (Å²) in [6.45, 7) is 0.861. The van der Waals surface area contributed by atoms with E-state index < -0.39 is 0 Å². The number of rotatable bonds is 6. The highest BCUT2D eigenvalue weighted by Gasteiger charge is 2.07. The Labute approximate surface area is 150 Å². The molecule has 1 N–H and O–H groups in total. The minimum Gasteiger partial charge on any atom is -0.489 e. The third-order valence-electron chi connectivity index (χ3n) is 3.46. The lowest BCUT2D eigenvalue weighted by Crippen LogP contribution is -2.23. The van der Waals surface area contributed by atoms with Crippen molar-refractivity contribution in [2.75, 3.05) is 0 Å². The normalized spacial score (nSPS) is 10.3. The van der Waals surface area contributed by atoms with E-state index in [-0.39, 0.29) is 5.91 Å². The lowest BCUT2D eigenvalue weighted by molar-refractivity contribution is 0.0946. The zero-order valence-corrected chi connectivity index (χ0v) is 14.1. The van der Waals surface area contributed by atoms with Gasteiger partial charge >= 0.3 is 0 Å². The molecule has 126 valence electrons. The first-order valence-electron chi connectivity index (χ1n) is 7.71. The molecule has 0 aliphatic carbocycles. The molecule has 25 heavy (non-hydrogen) atoms. The lowest BCUT2D eigenvalue weighted by atomic mass is 10.2. The first kappa shape index (κ1) is 16.9. The molecule has 3 aromatic rings. The molecule has 1 aromatic carbocycles. The number of carbonyl (C=O) groups excluding carboxylic acids is 1. The molecule has 0 spiro atoms. The van der Waals surface area contributed by atoms with Crippen LogP contribution in [0.5, 0.6) is 5.75 Å². The van der Waals surface area contributed by atoms with Crippen LogP contribution in [-0.4, -0.2) is 15.9 Å². The molecule has 0 radical (unpaired) electrons. The summed E-state index contributed by atoms with van der Waals surface area (Å²) in [5.74, 6) is 0.495. The van der Waals surface area contributed by atoms with Crippen molar-refractivity contribution in [3.05, 3.63) is 89.0 Å². The minimum atomic E-state index is -0.264. The summed E-state index contributed by atoms with van der Waals surface area (Å²) in [5.41, 5.74) is 2.26. The van der Waals surface area contributed by atoms with Crippen LogP contribution >= 0.6 is 11.6 Å².